The number of hydrogen-bond acceptors (Lipinski definition) is 1. The molecule has 8 heavy (non-hydrogen) atoms. The van der Waals surface area contributed by atoms with E-state index in [2.05, 4.69) is 0 Å². The van der Waals surface area contributed by atoms with Crippen LogP contribution in [0.4, 0.5) is 0 Å². The maximum absolute atomic E-state index is 10.7. The van der Waals surface area contributed by atoms with E-state index < -0.39 is 0 Å². The highest BCUT2D eigenvalue weighted by atomic mass is 32.2. The molecule has 0 radical (unpaired) electrons. The van der Waals surface area contributed by atoms with Gasteiger partial charge in [-0.25, -0.2) is 4.79 Å². The Bertz CT molecular complexity index is 94.7. The van der Waals surface area contributed by atoms with Crippen LogP contribution >= 0.6 is 0 Å². The van der Waals surface area contributed by atoms with Crippen LogP contribution in [0.15, 0.2) is 0 Å². The second-order valence-electron chi connectivity index (χ2n) is 2.10. The van der Waals surface area contributed by atoms with Gasteiger partial charge in [0.2, 0.25) is 0 Å². The summed E-state index contributed by atoms with van der Waals surface area (Å²) in [5.41, 5.74) is 0. The van der Waals surface area contributed by atoms with Crippen LogP contribution in [0.1, 0.15) is 19.8 Å². The van der Waals surface area contributed by atoms with Crippen molar-refractivity contribution >= 4 is 16.0 Å². The van der Waals surface area contributed by atoms with Crippen LogP contribution in [0, 0.1) is 0 Å². The van der Waals surface area contributed by atoms with E-state index in [1.54, 1.807) is 6.92 Å². The first kappa shape index (κ1) is 6.14. The maximum Gasteiger partial charge on any atom is 0.327 e. The summed E-state index contributed by atoms with van der Waals surface area (Å²) < 4.78 is 0. The Morgan fingerprint density at radius 1 is 1.38 bits per heavy atom. The van der Waals surface area contributed by atoms with Crippen LogP contribution in [-0.2, 0) is 15.7 Å². The van der Waals surface area contributed by atoms with Crippen molar-refractivity contribution in [2.75, 3.05) is 11.5 Å². The molecular weight excluding hydrogens is 120 g/mol. The molecule has 0 saturated carbocycles. The minimum atomic E-state index is 0.182. The van der Waals surface area contributed by atoms with Gasteiger partial charge in [0.15, 0.2) is 0 Å². The van der Waals surface area contributed by atoms with Crippen molar-refractivity contribution in [2.24, 2.45) is 0 Å². The number of carbonyl (C=O) groups is 1. The molecule has 0 spiro atoms. The average Bonchev–Trinajstić information content (AvgIpc) is 2.12. The van der Waals surface area contributed by atoms with Crippen molar-refractivity contribution in [3.63, 3.8) is 0 Å². The molecule has 1 rings (SSSR count). The highest BCUT2D eigenvalue weighted by Crippen LogP contribution is 2.13. The molecule has 1 saturated heterocycles. The smallest absolute Gasteiger partial charge is 0.238 e. The molecule has 1 aliphatic heterocycles. The fourth-order valence-corrected chi connectivity index (χ4v) is 2.83. The van der Waals surface area contributed by atoms with Crippen molar-refractivity contribution in [3.05, 3.63) is 0 Å². The van der Waals surface area contributed by atoms with Gasteiger partial charge in [-0.2, -0.15) is 0 Å². The SMILES string of the molecule is CC(=O)[S+]1CCCC1. The van der Waals surface area contributed by atoms with Crippen molar-refractivity contribution in [1.82, 2.24) is 0 Å². The molecular formula is C6H11OS+. The minimum Gasteiger partial charge on any atom is -0.238 e. The lowest BCUT2D eigenvalue weighted by atomic mass is 10.4. The van der Waals surface area contributed by atoms with Crippen molar-refractivity contribution < 1.29 is 4.79 Å². The van der Waals surface area contributed by atoms with E-state index in [0.29, 0.717) is 5.12 Å². The summed E-state index contributed by atoms with van der Waals surface area (Å²) in [5.74, 6) is 2.35. The third kappa shape index (κ3) is 1.25. The largest absolute Gasteiger partial charge is 0.327 e. The molecule has 1 heterocycles. The first-order valence-electron chi connectivity index (χ1n) is 2.99. The lowest BCUT2D eigenvalue weighted by Gasteiger charge is -1.88. The van der Waals surface area contributed by atoms with Gasteiger partial charge in [-0.3, -0.25) is 0 Å². The van der Waals surface area contributed by atoms with Crippen molar-refractivity contribution in [2.45, 2.75) is 19.8 Å². The van der Waals surface area contributed by atoms with Gasteiger partial charge in [0, 0.05) is 6.92 Å². The normalized spacial score (nSPS) is 21.6. The molecule has 0 N–H and O–H groups in total. The summed E-state index contributed by atoms with van der Waals surface area (Å²) in [6.07, 6.45) is 2.56. The summed E-state index contributed by atoms with van der Waals surface area (Å²) in [6.45, 7) is 1.72. The molecule has 2 heteroatoms. The summed E-state index contributed by atoms with van der Waals surface area (Å²) in [5, 5.41) is 0.419. The van der Waals surface area contributed by atoms with E-state index in [1.165, 1.54) is 24.3 Å². The molecule has 46 valence electrons. The molecule has 0 amide bonds. The Kier molecular flexibility index (Phi) is 1.95. The van der Waals surface area contributed by atoms with Crippen LogP contribution in [-0.4, -0.2) is 16.6 Å². The van der Waals surface area contributed by atoms with Crippen LogP contribution < -0.4 is 0 Å². The van der Waals surface area contributed by atoms with Gasteiger partial charge in [-0.05, 0) is 12.8 Å². The Morgan fingerprint density at radius 2 is 1.88 bits per heavy atom. The van der Waals surface area contributed by atoms with Gasteiger partial charge in [0.05, 0.1) is 10.9 Å². The molecule has 0 unspecified atom stereocenters. The second-order valence-corrected chi connectivity index (χ2v) is 4.48. The molecule has 1 fully saturated rings. The molecule has 0 aliphatic carbocycles. The van der Waals surface area contributed by atoms with Gasteiger partial charge in [0.1, 0.15) is 11.5 Å². The lowest BCUT2D eigenvalue weighted by Crippen LogP contribution is -2.12. The first-order valence-corrected chi connectivity index (χ1v) is 4.55. The zero-order valence-electron chi connectivity index (χ0n) is 5.14. The van der Waals surface area contributed by atoms with E-state index in [1.807, 2.05) is 0 Å². The van der Waals surface area contributed by atoms with Gasteiger partial charge < -0.3 is 0 Å². The third-order valence-electron chi connectivity index (χ3n) is 1.44. The highest BCUT2D eigenvalue weighted by Gasteiger charge is 2.28. The summed E-state index contributed by atoms with van der Waals surface area (Å²) in [4.78, 5) is 10.7. The van der Waals surface area contributed by atoms with E-state index in [-0.39, 0.29) is 10.9 Å². The Morgan fingerprint density at radius 3 is 2.12 bits per heavy atom. The van der Waals surface area contributed by atoms with Gasteiger partial charge in [-0.1, -0.05) is 0 Å². The standard InChI is InChI=1S/C6H11OS/c1-6(7)8-4-2-3-5-8/h2-5H2,1H3/q+1. The van der Waals surface area contributed by atoms with Crippen LogP contribution in [0.2, 0.25) is 0 Å². The van der Waals surface area contributed by atoms with E-state index >= 15 is 0 Å². The van der Waals surface area contributed by atoms with E-state index in [0.717, 1.165) is 0 Å². The fourth-order valence-electron chi connectivity index (χ4n) is 0.942. The topological polar surface area (TPSA) is 17.1 Å². The van der Waals surface area contributed by atoms with Crippen LogP contribution in [0.25, 0.3) is 0 Å². The zero-order valence-corrected chi connectivity index (χ0v) is 5.96. The molecule has 0 aromatic carbocycles. The minimum absolute atomic E-state index is 0.182. The summed E-state index contributed by atoms with van der Waals surface area (Å²) >= 11 is 0. The Labute approximate surface area is 52.8 Å². The molecule has 0 bridgehead atoms. The molecule has 1 aliphatic rings. The highest BCUT2D eigenvalue weighted by molar-refractivity contribution is 8.11. The quantitative estimate of drug-likeness (QED) is 0.447. The first-order chi connectivity index (χ1) is 3.80. The van der Waals surface area contributed by atoms with Crippen molar-refractivity contribution in [1.29, 1.82) is 0 Å². The Balaban J connectivity index is 2.35. The van der Waals surface area contributed by atoms with E-state index in [9.17, 15) is 4.79 Å². The molecule has 0 atom stereocenters. The molecule has 0 aromatic rings. The van der Waals surface area contributed by atoms with Gasteiger partial charge >= 0.3 is 5.12 Å². The van der Waals surface area contributed by atoms with E-state index in [4.69, 9.17) is 0 Å². The second kappa shape index (κ2) is 2.53. The molecule has 0 aromatic heterocycles. The van der Waals surface area contributed by atoms with Gasteiger partial charge in [-0.15, -0.1) is 0 Å². The average molecular weight is 131 g/mol. The van der Waals surface area contributed by atoms with Crippen LogP contribution in [0.5, 0.6) is 0 Å². The lowest BCUT2D eigenvalue weighted by molar-refractivity contribution is -0.109. The monoisotopic (exact) mass is 131 g/mol. The number of rotatable bonds is 0. The summed E-state index contributed by atoms with van der Waals surface area (Å²) in [6, 6.07) is 0. The summed E-state index contributed by atoms with van der Waals surface area (Å²) in [7, 11) is 0.182. The predicted octanol–water partition coefficient (Wildman–Crippen LogP) is 0.945. The van der Waals surface area contributed by atoms with Gasteiger partial charge in [0.25, 0.3) is 0 Å². The van der Waals surface area contributed by atoms with Crippen molar-refractivity contribution in [3.8, 4) is 0 Å². The molecule has 1 nitrogen and oxygen atoms in total. The fraction of sp³-hybridized carbons (Fsp3) is 0.833. The predicted molar refractivity (Wildman–Crippen MR) is 37.0 cm³/mol. The zero-order chi connectivity index (χ0) is 5.98. The number of hydrogen-bond donors (Lipinski definition) is 0. The Hall–Kier alpha value is 0.0200. The number of carbonyl (C=O) groups excluding carboxylic acids is 1. The maximum atomic E-state index is 10.7. The third-order valence-corrected chi connectivity index (χ3v) is 3.81. The van der Waals surface area contributed by atoms with Crippen LogP contribution in [0.3, 0.4) is 0 Å².